The lowest BCUT2D eigenvalue weighted by Crippen LogP contribution is -2.39. The molecule has 0 spiro atoms. The van der Waals surface area contributed by atoms with Crippen molar-refractivity contribution in [2.75, 3.05) is 13.7 Å². The second-order valence-corrected chi connectivity index (χ2v) is 11.1. The second kappa shape index (κ2) is 11.6. The van der Waals surface area contributed by atoms with Crippen molar-refractivity contribution in [3.63, 3.8) is 0 Å². The molecule has 2 aromatic carbocycles. The van der Waals surface area contributed by atoms with Gasteiger partial charge in [0.1, 0.15) is 12.6 Å². The number of methoxy groups -OCH3 is 1. The maximum absolute atomic E-state index is 13.7. The first-order valence-electron chi connectivity index (χ1n) is 12.2. The summed E-state index contributed by atoms with van der Waals surface area (Å²) < 4.78 is 18.9. The number of hydrogen-bond donors (Lipinski definition) is 0. The molecule has 0 saturated heterocycles. The molecule has 0 amide bonds. The number of carbonyl (C=O) groups excluding carboxylic acids is 1. The first-order chi connectivity index (χ1) is 18.9. The average Bonchev–Trinajstić information content (AvgIpc) is 3.56. The summed E-state index contributed by atoms with van der Waals surface area (Å²) in [5.74, 6) is 0.642. The highest BCUT2D eigenvalue weighted by atomic mass is 35.5. The van der Waals surface area contributed by atoms with E-state index >= 15 is 0 Å². The zero-order valence-electron chi connectivity index (χ0n) is 21.5. The van der Waals surface area contributed by atoms with Crippen molar-refractivity contribution >= 4 is 46.3 Å². The molecule has 1 aliphatic heterocycles. The Morgan fingerprint density at radius 2 is 2.00 bits per heavy atom. The number of hydrogen-bond acceptors (Lipinski definition) is 8. The van der Waals surface area contributed by atoms with E-state index in [9.17, 15) is 9.59 Å². The van der Waals surface area contributed by atoms with E-state index < -0.39 is 12.0 Å². The third-order valence-electron chi connectivity index (χ3n) is 6.10. The zero-order chi connectivity index (χ0) is 27.5. The Morgan fingerprint density at radius 1 is 1.15 bits per heavy atom. The number of allylic oxidation sites excluding steroid dienone is 1. The number of ether oxygens (including phenoxy) is 3. The highest BCUT2D eigenvalue weighted by Gasteiger charge is 2.33. The molecule has 1 aliphatic rings. The van der Waals surface area contributed by atoms with Crippen molar-refractivity contribution in [3.05, 3.63) is 112 Å². The number of rotatable bonds is 8. The smallest absolute Gasteiger partial charge is 0.338 e. The molecule has 0 radical (unpaired) electrons. The summed E-state index contributed by atoms with van der Waals surface area (Å²) in [6.07, 6.45) is 1.79. The van der Waals surface area contributed by atoms with Crippen molar-refractivity contribution in [2.45, 2.75) is 26.5 Å². The molecule has 4 aromatic rings. The van der Waals surface area contributed by atoms with Crippen LogP contribution in [0, 0.1) is 0 Å². The summed E-state index contributed by atoms with van der Waals surface area (Å²) in [5.41, 5.74) is 2.39. The highest BCUT2D eigenvalue weighted by molar-refractivity contribution is 7.10. The fourth-order valence-corrected chi connectivity index (χ4v) is 6.42. The quantitative estimate of drug-likeness (QED) is 0.271. The Kier molecular flexibility index (Phi) is 8.02. The summed E-state index contributed by atoms with van der Waals surface area (Å²) in [7, 11) is 1.57. The fourth-order valence-electron chi connectivity index (χ4n) is 4.34. The first-order valence-corrected chi connectivity index (χ1v) is 14.3. The largest absolute Gasteiger partial charge is 0.493 e. The lowest BCUT2D eigenvalue weighted by molar-refractivity contribution is -0.139. The van der Waals surface area contributed by atoms with E-state index in [1.807, 2.05) is 60.0 Å². The van der Waals surface area contributed by atoms with Crippen LogP contribution in [-0.2, 0) is 16.1 Å². The molecule has 0 aliphatic carbocycles. The van der Waals surface area contributed by atoms with Crippen molar-refractivity contribution < 1.29 is 19.0 Å². The molecule has 200 valence electrons. The van der Waals surface area contributed by atoms with Crippen LogP contribution in [0.5, 0.6) is 11.5 Å². The summed E-state index contributed by atoms with van der Waals surface area (Å²) in [5, 5.41) is 2.57. The van der Waals surface area contributed by atoms with Crippen molar-refractivity contribution in [2.24, 2.45) is 4.99 Å². The van der Waals surface area contributed by atoms with Gasteiger partial charge in [-0.3, -0.25) is 9.36 Å². The fraction of sp³-hybridized carbons (Fsp3) is 0.207. The van der Waals surface area contributed by atoms with Crippen molar-refractivity contribution in [3.8, 4) is 11.5 Å². The molecular formula is C29H25ClN2O5S2. The lowest BCUT2D eigenvalue weighted by atomic mass is 10.0. The number of thiazole rings is 1. The first kappa shape index (κ1) is 26.9. The zero-order valence-corrected chi connectivity index (χ0v) is 23.9. The Labute approximate surface area is 237 Å². The summed E-state index contributed by atoms with van der Waals surface area (Å²) in [6, 6.07) is 16.2. The number of thiophene rings is 1. The predicted octanol–water partition coefficient (Wildman–Crippen LogP) is 5.10. The molecule has 0 fully saturated rings. The van der Waals surface area contributed by atoms with Crippen LogP contribution in [0.2, 0.25) is 5.02 Å². The Hall–Kier alpha value is -3.66. The van der Waals surface area contributed by atoms with Crippen molar-refractivity contribution in [1.29, 1.82) is 0 Å². The molecule has 39 heavy (non-hydrogen) atoms. The number of benzene rings is 2. The van der Waals surface area contributed by atoms with E-state index in [2.05, 4.69) is 4.99 Å². The van der Waals surface area contributed by atoms with Crippen LogP contribution >= 0.6 is 34.3 Å². The number of carbonyl (C=O) groups is 1. The van der Waals surface area contributed by atoms with E-state index in [1.54, 1.807) is 31.6 Å². The molecule has 0 N–H and O–H groups in total. The van der Waals surface area contributed by atoms with Gasteiger partial charge in [0.25, 0.3) is 5.56 Å². The number of esters is 1. The average molecular weight is 581 g/mol. The van der Waals surface area contributed by atoms with Gasteiger partial charge in [0, 0.05) is 9.90 Å². The molecule has 0 saturated carbocycles. The minimum absolute atomic E-state index is 0.230. The molecule has 7 nitrogen and oxygen atoms in total. The van der Waals surface area contributed by atoms with E-state index in [0.717, 1.165) is 16.0 Å². The Morgan fingerprint density at radius 3 is 2.72 bits per heavy atom. The van der Waals surface area contributed by atoms with Gasteiger partial charge in [-0.1, -0.05) is 47.2 Å². The molecule has 1 atom stereocenters. The van der Waals surface area contributed by atoms with Crippen LogP contribution in [0.4, 0.5) is 0 Å². The predicted molar refractivity (Wildman–Crippen MR) is 153 cm³/mol. The number of aromatic nitrogens is 1. The SMILES string of the molecule is CCOC(=O)C1=C(C)N=c2s/c(=C\c3ccc(OCc4cccc(Cl)c4)c(OC)c3)c(=O)n2[C@H]1c1cccs1. The molecule has 10 heteroatoms. The molecule has 5 rings (SSSR count). The summed E-state index contributed by atoms with van der Waals surface area (Å²) >= 11 is 8.83. The second-order valence-electron chi connectivity index (χ2n) is 8.65. The minimum Gasteiger partial charge on any atom is -0.493 e. The van der Waals surface area contributed by atoms with Gasteiger partial charge in [0.15, 0.2) is 16.3 Å². The monoisotopic (exact) mass is 580 g/mol. The van der Waals surface area contributed by atoms with Crippen LogP contribution in [0.3, 0.4) is 0 Å². The minimum atomic E-state index is -0.598. The van der Waals surface area contributed by atoms with E-state index in [0.29, 0.717) is 43.7 Å². The van der Waals surface area contributed by atoms with Crippen LogP contribution in [-0.4, -0.2) is 24.3 Å². The third kappa shape index (κ3) is 5.56. The van der Waals surface area contributed by atoms with E-state index in [4.69, 9.17) is 25.8 Å². The topological polar surface area (TPSA) is 79.1 Å². The molecular weight excluding hydrogens is 556 g/mol. The van der Waals surface area contributed by atoms with E-state index in [1.165, 1.54) is 22.7 Å². The molecule has 2 aromatic heterocycles. The van der Waals surface area contributed by atoms with Gasteiger partial charge in [-0.15, -0.1) is 11.3 Å². The standard InChI is InChI=1S/C29H25ClN2O5S2/c1-4-36-28(34)25-17(2)31-29-32(26(25)23-9-6-12-38-23)27(33)24(39-29)15-18-10-11-21(22(14-18)35-3)37-16-19-7-5-8-20(30)13-19/h5-15,26H,4,16H2,1-3H3/b24-15-/t26-/m0/s1. The Bertz CT molecular complexity index is 1740. The van der Waals surface area contributed by atoms with Gasteiger partial charge in [0.2, 0.25) is 0 Å². The number of nitrogens with zero attached hydrogens (tertiary/aromatic N) is 2. The highest BCUT2D eigenvalue weighted by Crippen LogP contribution is 2.33. The lowest BCUT2D eigenvalue weighted by Gasteiger charge is -2.23. The maximum Gasteiger partial charge on any atom is 0.338 e. The van der Waals surface area contributed by atoms with Crippen molar-refractivity contribution in [1.82, 2.24) is 4.57 Å². The maximum atomic E-state index is 13.7. The van der Waals surface area contributed by atoms with Gasteiger partial charge in [0.05, 0.1) is 29.5 Å². The summed E-state index contributed by atoms with van der Waals surface area (Å²) in [4.78, 5) is 32.6. The van der Waals surface area contributed by atoms with Gasteiger partial charge >= 0.3 is 5.97 Å². The third-order valence-corrected chi connectivity index (χ3v) is 8.24. The van der Waals surface area contributed by atoms with Gasteiger partial charge in [-0.25, -0.2) is 9.79 Å². The number of fused-ring (bicyclic) bond motifs is 1. The van der Waals surface area contributed by atoms with Crippen LogP contribution in [0.25, 0.3) is 6.08 Å². The molecule has 3 heterocycles. The van der Waals surface area contributed by atoms with Crippen LogP contribution < -0.4 is 24.4 Å². The van der Waals surface area contributed by atoms with Gasteiger partial charge in [-0.05, 0) is 66.8 Å². The van der Waals surface area contributed by atoms with Gasteiger partial charge < -0.3 is 14.2 Å². The summed E-state index contributed by atoms with van der Waals surface area (Å²) in [6.45, 7) is 4.10. The molecule has 0 unspecified atom stereocenters. The van der Waals surface area contributed by atoms with Crippen LogP contribution in [0.15, 0.2) is 81.0 Å². The molecule has 0 bridgehead atoms. The number of halogens is 1. The van der Waals surface area contributed by atoms with E-state index in [-0.39, 0.29) is 12.2 Å². The van der Waals surface area contributed by atoms with Crippen LogP contribution in [0.1, 0.15) is 35.9 Å². The normalized spacial score (nSPS) is 15.1. The Balaban J connectivity index is 1.52. The van der Waals surface area contributed by atoms with Gasteiger partial charge in [-0.2, -0.15) is 0 Å².